The van der Waals surface area contributed by atoms with E-state index < -0.39 is 5.97 Å². The monoisotopic (exact) mass is 226 g/mol. The highest BCUT2D eigenvalue weighted by atomic mass is 35.5. The molecule has 0 heterocycles. The van der Waals surface area contributed by atoms with Crippen molar-refractivity contribution in [1.82, 2.24) is 0 Å². The second-order valence-electron chi connectivity index (χ2n) is 3.78. The van der Waals surface area contributed by atoms with Crippen molar-refractivity contribution in [2.75, 3.05) is 0 Å². The number of hydrogen-bond acceptors (Lipinski definition) is 1. The summed E-state index contributed by atoms with van der Waals surface area (Å²) in [5, 5.41) is 9.27. The third kappa shape index (κ3) is 3.56. The molecule has 2 nitrogen and oxygen atoms in total. The molecule has 0 amide bonds. The number of carboxylic acids is 1. The molecule has 0 saturated carbocycles. The van der Waals surface area contributed by atoms with Crippen LogP contribution in [-0.2, 0) is 11.2 Å². The molecule has 82 valence electrons. The Kier molecular flexibility index (Phi) is 4.15. The summed E-state index contributed by atoms with van der Waals surface area (Å²) in [5.74, 6) is -0.755. The maximum atomic E-state index is 10.4. The maximum Gasteiger partial charge on any atom is 0.303 e. The summed E-state index contributed by atoms with van der Waals surface area (Å²) in [5.41, 5.74) is 3.41. The standard InChI is InChI=1S/C12H15ClO2/c1-8-6-10(4-3-5-12(14)15)11(13)7-9(8)2/h6-7H,3-5H2,1-2H3,(H,14,15). The van der Waals surface area contributed by atoms with Crippen molar-refractivity contribution < 1.29 is 9.90 Å². The van der Waals surface area contributed by atoms with Crippen molar-refractivity contribution in [2.45, 2.75) is 33.1 Å². The third-order valence-electron chi connectivity index (χ3n) is 2.50. The molecule has 1 rings (SSSR count). The van der Waals surface area contributed by atoms with E-state index in [0.29, 0.717) is 6.42 Å². The fourth-order valence-corrected chi connectivity index (χ4v) is 1.78. The van der Waals surface area contributed by atoms with Gasteiger partial charge in [0.2, 0.25) is 0 Å². The molecule has 0 radical (unpaired) electrons. The first-order valence-electron chi connectivity index (χ1n) is 4.98. The van der Waals surface area contributed by atoms with Crippen LogP contribution in [-0.4, -0.2) is 11.1 Å². The Labute approximate surface area is 94.9 Å². The molecule has 0 fully saturated rings. The van der Waals surface area contributed by atoms with Gasteiger partial charge in [0.25, 0.3) is 0 Å². The average molecular weight is 227 g/mol. The van der Waals surface area contributed by atoms with Crippen molar-refractivity contribution >= 4 is 17.6 Å². The summed E-state index contributed by atoms with van der Waals surface area (Å²) >= 11 is 6.07. The lowest BCUT2D eigenvalue weighted by molar-refractivity contribution is -0.137. The summed E-state index contributed by atoms with van der Waals surface area (Å²) < 4.78 is 0. The van der Waals surface area contributed by atoms with Crippen molar-refractivity contribution in [3.8, 4) is 0 Å². The lowest BCUT2D eigenvalue weighted by Crippen LogP contribution is -1.97. The largest absolute Gasteiger partial charge is 0.481 e. The predicted octanol–water partition coefficient (Wildman–Crippen LogP) is 3.36. The first-order chi connectivity index (χ1) is 7.00. The molecule has 3 heteroatoms. The molecule has 0 aromatic heterocycles. The number of aryl methyl sites for hydroxylation is 3. The van der Waals surface area contributed by atoms with Gasteiger partial charge in [-0.2, -0.15) is 0 Å². The molecule has 1 N–H and O–H groups in total. The van der Waals surface area contributed by atoms with Crippen LogP contribution in [0.2, 0.25) is 5.02 Å². The molecule has 0 aliphatic rings. The van der Waals surface area contributed by atoms with E-state index in [4.69, 9.17) is 16.7 Å². The smallest absolute Gasteiger partial charge is 0.303 e. The molecular weight excluding hydrogens is 212 g/mol. The molecule has 0 atom stereocenters. The van der Waals surface area contributed by atoms with Gasteiger partial charge in [0.1, 0.15) is 0 Å². The van der Waals surface area contributed by atoms with Gasteiger partial charge in [0.15, 0.2) is 0 Å². The van der Waals surface area contributed by atoms with E-state index >= 15 is 0 Å². The normalized spacial score (nSPS) is 10.3. The Morgan fingerprint density at radius 1 is 1.33 bits per heavy atom. The van der Waals surface area contributed by atoms with Crippen molar-refractivity contribution in [1.29, 1.82) is 0 Å². The topological polar surface area (TPSA) is 37.3 Å². The van der Waals surface area contributed by atoms with E-state index in [-0.39, 0.29) is 6.42 Å². The van der Waals surface area contributed by atoms with Gasteiger partial charge in [0.05, 0.1) is 0 Å². The zero-order chi connectivity index (χ0) is 11.4. The lowest BCUT2D eigenvalue weighted by atomic mass is 10.0. The van der Waals surface area contributed by atoms with Crippen LogP contribution in [0.15, 0.2) is 12.1 Å². The van der Waals surface area contributed by atoms with Crippen LogP contribution >= 0.6 is 11.6 Å². The minimum absolute atomic E-state index is 0.198. The molecule has 0 bridgehead atoms. The Morgan fingerprint density at radius 2 is 1.93 bits per heavy atom. The van der Waals surface area contributed by atoms with Gasteiger partial charge >= 0.3 is 5.97 Å². The molecular formula is C12H15ClO2. The summed E-state index contributed by atoms with van der Waals surface area (Å²) in [7, 11) is 0. The van der Waals surface area contributed by atoms with E-state index in [9.17, 15) is 4.79 Å². The number of benzene rings is 1. The molecule has 1 aromatic carbocycles. The summed E-state index contributed by atoms with van der Waals surface area (Å²) in [6.45, 7) is 4.05. The minimum atomic E-state index is -0.755. The lowest BCUT2D eigenvalue weighted by Gasteiger charge is -2.07. The fourth-order valence-electron chi connectivity index (χ4n) is 1.46. The molecule has 15 heavy (non-hydrogen) atoms. The van der Waals surface area contributed by atoms with Crippen LogP contribution in [0.3, 0.4) is 0 Å². The third-order valence-corrected chi connectivity index (χ3v) is 2.85. The average Bonchev–Trinajstić information content (AvgIpc) is 2.13. The zero-order valence-corrected chi connectivity index (χ0v) is 9.77. The van der Waals surface area contributed by atoms with Crippen molar-refractivity contribution in [3.05, 3.63) is 33.8 Å². The molecule has 0 aliphatic carbocycles. The van der Waals surface area contributed by atoms with E-state index in [1.807, 2.05) is 26.0 Å². The van der Waals surface area contributed by atoms with Crippen LogP contribution in [0.5, 0.6) is 0 Å². The van der Waals surface area contributed by atoms with Gasteiger partial charge in [-0.3, -0.25) is 4.79 Å². The van der Waals surface area contributed by atoms with E-state index in [2.05, 4.69) is 0 Å². The van der Waals surface area contributed by atoms with E-state index in [0.717, 1.165) is 17.0 Å². The molecule has 1 aromatic rings. The molecule has 0 spiro atoms. The van der Waals surface area contributed by atoms with Crippen LogP contribution in [0.1, 0.15) is 29.5 Å². The van der Waals surface area contributed by atoms with Crippen LogP contribution < -0.4 is 0 Å². The number of aliphatic carboxylic acids is 1. The van der Waals surface area contributed by atoms with Gasteiger partial charge < -0.3 is 5.11 Å². The van der Waals surface area contributed by atoms with Gasteiger partial charge in [-0.15, -0.1) is 0 Å². The van der Waals surface area contributed by atoms with Crippen molar-refractivity contribution in [2.24, 2.45) is 0 Å². The summed E-state index contributed by atoms with van der Waals surface area (Å²) in [6, 6.07) is 3.98. The van der Waals surface area contributed by atoms with Crippen LogP contribution in [0.25, 0.3) is 0 Å². The maximum absolute atomic E-state index is 10.4. The summed E-state index contributed by atoms with van der Waals surface area (Å²) in [6.07, 6.45) is 1.56. The van der Waals surface area contributed by atoms with Crippen LogP contribution in [0.4, 0.5) is 0 Å². The number of halogens is 1. The number of carboxylic acid groups (broad SMARTS) is 1. The van der Waals surface area contributed by atoms with Crippen molar-refractivity contribution in [3.63, 3.8) is 0 Å². The minimum Gasteiger partial charge on any atom is -0.481 e. The predicted molar refractivity (Wildman–Crippen MR) is 61.5 cm³/mol. The Bertz CT molecular complexity index is 372. The Hall–Kier alpha value is -1.02. The second kappa shape index (κ2) is 5.17. The number of rotatable bonds is 4. The highest BCUT2D eigenvalue weighted by Gasteiger charge is 2.04. The number of hydrogen-bond donors (Lipinski definition) is 1. The molecule has 0 aliphatic heterocycles. The zero-order valence-electron chi connectivity index (χ0n) is 9.01. The van der Waals surface area contributed by atoms with Gasteiger partial charge in [-0.05, 0) is 49.4 Å². The van der Waals surface area contributed by atoms with Crippen LogP contribution in [0, 0.1) is 13.8 Å². The molecule has 0 saturated heterocycles. The Balaban J connectivity index is 2.69. The highest BCUT2D eigenvalue weighted by molar-refractivity contribution is 6.31. The van der Waals surface area contributed by atoms with Gasteiger partial charge in [0, 0.05) is 11.4 Å². The highest BCUT2D eigenvalue weighted by Crippen LogP contribution is 2.22. The van der Waals surface area contributed by atoms with E-state index in [1.165, 1.54) is 11.1 Å². The number of carbonyl (C=O) groups is 1. The first-order valence-corrected chi connectivity index (χ1v) is 5.36. The second-order valence-corrected chi connectivity index (χ2v) is 4.18. The summed E-state index contributed by atoms with van der Waals surface area (Å²) in [4.78, 5) is 10.4. The quantitative estimate of drug-likeness (QED) is 0.855. The van der Waals surface area contributed by atoms with Gasteiger partial charge in [-0.25, -0.2) is 0 Å². The first kappa shape index (κ1) is 12.1. The van der Waals surface area contributed by atoms with Gasteiger partial charge in [-0.1, -0.05) is 17.7 Å². The molecule has 0 unspecified atom stereocenters. The Morgan fingerprint density at radius 3 is 2.53 bits per heavy atom. The fraction of sp³-hybridized carbons (Fsp3) is 0.417. The van der Waals surface area contributed by atoms with E-state index in [1.54, 1.807) is 0 Å². The SMILES string of the molecule is Cc1cc(Cl)c(CCCC(=O)O)cc1C.